The van der Waals surface area contributed by atoms with Crippen LogP contribution < -0.4 is 4.74 Å². The Morgan fingerprint density at radius 2 is 2.19 bits per heavy atom. The smallest absolute Gasteiger partial charge is 0.335 e. The maximum absolute atomic E-state index is 10.7. The van der Waals surface area contributed by atoms with Crippen molar-refractivity contribution in [3.05, 3.63) is 47.8 Å². The molecule has 112 valence electrons. The van der Waals surface area contributed by atoms with E-state index in [-0.39, 0.29) is 0 Å². The van der Waals surface area contributed by atoms with Crippen LogP contribution in [0.4, 0.5) is 0 Å². The summed E-state index contributed by atoms with van der Waals surface area (Å²) >= 11 is 0. The standard InChI is InChI=1S/C14H16N2O5/c1-21-11-4-3-9(12(17)13(18)14(19)20)7-10(11)8-16-6-2-5-15-16/h2-7,12-13,17-18H,8H2,1H3,(H,19,20). The van der Waals surface area contributed by atoms with Gasteiger partial charge in [0.1, 0.15) is 11.9 Å². The van der Waals surface area contributed by atoms with Crippen LogP contribution in [0.2, 0.25) is 0 Å². The first-order chi connectivity index (χ1) is 10.0. The summed E-state index contributed by atoms with van der Waals surface area (Å²) in [4.78, 5) is 10.7. The molecule has 0 aliphatic rings. The third-order valence-corrected chi connectivity index (χ3v) is 3.09. The van der Waals surface area contributed by atoms with Crippen molar-refractivity contribution in [2.24, 2.45) is 0 Å². The topological polar surface area (TPSA) is 105 Å². The molecule has 2 rings (SSSR count). The van der Waals surface area contributed by atoms with Gasteiger partial charge in [0.25, 0.3) is 0 Å². The third-order valence-electron chi connectivity index (χ3n) is 3.09. The van der Waals surface area contributed by atoms with Gasteiger partial charge in [-0.05, 0) is 23.8 Å². The number of aliphatic carboxylic acids is 1. The van der Waals surface area contributed by atoms with Gasteiger partial charge in [0, 0.05) is 18.0 Å². The van der Waals surface area contributed by atoms with Crippen molar-refractivity contribution in [1.29, 1.82) is 0 Å². The first kappa shape index (κ1) is 15.0. The molecule has 1 heterocycles. The maximum atomic E-state index is 10.7. The average molecular weight is 292 g/mol. The molecule has 7 nitrogen and oxygen atoms in total. The number of carbonyl (C=O) groups is 1. The molecule has 0 amide bonds. The van der Waals surface area contributed by atoms with E-state index in [9.17, 15) is 15.0 Å². The lowest BCUT2D eigenvalue weighted by atomic mass is 10.0. The van der Waals surface area contributed by atoms with E-state index in [1.165, 1.54) is 13.2 Å². The van der Waals surface area contributed by atoms with Crippen molar-refractivity contribution in [2.45, 2.75) is 18.8 Å². The van der Waals surface area contributed by atoms with E-state index in [2.05, 4.69) is 5.10 Å². The van der Waals surface area contributed by atoms with Crippen LogP contribution in [0, 0.1) is 0 Å². The van der Waals surface area contributed by atoms with E-state index in [4.69, 9.17) is 9.84 Å². The zero-order valence-electron chi connectivity index (χ0n) is 11.4. The highest BCUT2D eigenvalue weighted by Gasteiger charge is 2.25. The molecule has 21 heavy (non-hydrogen) atoms. The first-order valence-electron chi connectivity index (χ1n) is 6.26. The molecule has 2 unspecified atom stereocenters. The molecule has 0 aliphatic heterocycles. The van der Waals surface area contributed by atoms with Crippen LogP contribution in [-0.4, -0.2) is 44.3 Å². The minimum absolute atomic E-state index is 0.299. The second-order valence-electron chi connectivity index (χ2n) is 4.50. The Hall–Kier alpha value is -2.38. The Morgan fingerprint density at radius 3 is 2.76 bits per heavy atom. The number of hydrogen-bond donors (Lipinski definition) is 3. The van der Waals surface area contributed by atoms with Crippen LogP contribution in [0.15, 0.2) is 36.7 Å². The summed E-state index contributed by atoms with van der Waals surface area (Å²) in [7, 11) is 1.52. The molecular formula is C14H16N2O5. The number of methoxy groups -OCH3 is 1. The second kappa shape index (κ2) is 6.38. The molecule has 1 aromatic heterocycles. The Kier molecular flexibility index (Phi) is 4.56. The summed E-state index contributed by atoms with van der Waals surface area (Å²) in [5.74, 6) is -0.891. The molecule has 1 aromatic carbocycles. The molecule has 3 N–H and O–H groups in total. The molecule has 0 fully saturated rings. The Bertz CT molecular complexity index is 612. The van der Waals surface area contributed by atoms with Gasteiger partial charge in [-0.1, -0.05) is 6.07 Å². The third kappa shape index (κ3) is 3.39. The summed E-state index contributed by atoms with van der Waals surface area (Å²) in [6.45, 7) is 0.403. The number of carboxylic acids is 1. The molecule has 0 bridgehead atoms. The van der Waals surface area contributed by atoms with Crippen molar-refractivity contribution in [2.75, 3.05) is 7.11 Å². The van der Waals surface area contributed by atoms with Gasteiger partial charge in [0.05, 0.1) is 13.7 Å². The van der Waals surface area contributed by atoms with Gasteiger partial charge in [0.15, 0.2) is 6.10 Å². The predicted molar refractivity (Wildman–Crippen MR) is 72.9 cm³/mol. The van der Waals surface area contributed by atoms with Gasteiger partial charge in [0.2, 0.25) is 0 Å². The molecule has 2 atom stereocenters. The molecule has 0 spiro atoms. The molecule has 7 heteroatoms. The number of aliphatic hydroxyl groups is 2. The van der Waals surface area contributed by atoms with Crippen LogP contribution in [0.5, 0.6) is 5.75 Å². The van der Waals surface area contributed by atoms with Crippen molar-refractivity contribution < 1.29 is 24.9 Å². The van der Waals surface area contributed by atoms with Crippen LogP contribution >= 0.6 is 0 Å². The quantitative estimate of drug-likeness (QED) is 0.712. The van der Waals surface area contributed by atoms with Crippen LogP contribution in [-0.2, 0) is 11.3 Å². The normalized spacial score (nSPS) is 13.7. The first-order valence-corrected chi connectivity index (χ1v) is 6.26. The fourth-order valence-electron chi connectivity index (χ4n) is 1.99. The van der Waals surface area contributed by atoms with Crippen molar-refractivity contribution in [1.82, 2.24) is 9.78 Å². The second-order valence-corrected chi connectivity index (χ2v) is 4.50. The SMILES string of the molecule is COc1ccc(C(O)C(O)C(=O)O)cc1Cn1cccn1. The van der Waals surface area contributed by atoms with Gasteiger partial charge in [-0.25, -0.2) is 4.79 Å². The monoisotopic (exact) mass is 292 g/mol. The fraction of sp³-hybridized carbons (Fsp3) is 0.286. The minimum atomic E-state index is -1.88. The van der Waals surface area contributed by atoms with E-state index in [1.807, 2.05) is 0 Å². The van der Waals surface area contributed by atoms with Crippen molar-refractivity contribution in [3.8, 4) is 5.75 Å². The highest BCUT2D eigenvalue weighted by molar-refractivity contribution is 5.73. The highest BCUT2D eigenvalue weighted by Crippen LogP contribution is 2.25. The zero-order chi connectivity index (χ0) is 15.4. The molecule has 0 radical (unpaired) electrons. The lowest BCUT2D eigenvalue weighted by molar-refractivity contribution is -0.153. The predicted octanol–water partition coefficient (Wildman–Crippen LogP) is 0.419. The van der Waals surface area contributed by atoms with Gasteiger partial charge in [-0.2, -0.15) is 5.10 Å². The van der Waals surface area contributed by atoms with E-state index >= 15 is 0 Å². The summed E-state index contributed by atoms with van der Waals surface area (Å²) in [6, 6.07) is 6.50. The molecule has 0 saturated carbocycles. The van der Waals surface area contributed by atoms with Crippen LogP contribution in [0.3, 0.4) is 0 Å². The van der Waals surface area contributed by atoms with E-state index in [1.54, 1.807) is 35.3 Å². The average Bonchev–Trinajstić information content (AvgIpc) is 2.98. The summed E-state index contributed by atoms with van der Waals surface area (Å²) < 4.78 is 6.90. The lowest BCUT2D eigenvalue weighted by Crippen LogP contribution is -2.27. The van der Waals surface area contributed by atoms with Gasteiger partial charge < -0.3 is 20.1 Å². The lowest BCUT2D eigenvalue weighted by Gasteiger charge is -2.17. The summed E-state index contributed by atoms with van der Waals surface area (Å²) in [6.07, 6.45) is 0.0225. The molecule has 0 saturated heterocycles. The van der Waals surface area contributed by atoms with E-state index in [0.29, 0.717) is 17.9 Å². The molecule has 2 aromatic rings. The minimum Gasteiger partial charge on any atom is -0.496 e. The number of nitrogens with zero attached hydrogens (tertiary/aromatic N) is 2. The number of ether oxygens (including phenoxy) is 1. The van der Waals surface area contributed by atoms with Crippen LogP contribution in [0.25, 0.3) is 0 Å². The number of aliphatic hydroxyl groups excluding tert-OH is 2. The van der Waals surface area contributed by atoms with Gasteiger partial charge in [-0.15, -0.1) is 0 Å². The fourth-order valence-corrected chi connectivity index (χ4v) is 1.99. The Morgan fingerprint density at radius 1 is 1.43 bits per heavy atom. The zero-order valence-corrected chi connectivity index (χ0v) is 11.4. The van der Waals surface area contributed by atoms with Gasteiger partial charge in [-0.3, -0.25) is 4.68 Å². The summed E-state index contributed by atoms with van der Waals surface area (Å²) in [5.41, 5.74) is 1.02. The van der Waals surface area contributed by atoms with Crippen molar-refractivity contribution >= 4 is 5.97 Å². The maximum Gasteiger partial charge on any atom is 0.335 e. The largest absolute Gasteiger partial charge is 0.496 e. The highest BCUT2D eigenvalue weighted by atomic mass is 16.5. The van der Waals surface area contributed by atoms with Crippen molar-refractivity contribution in [3.63, 3.8) is 0 Å². The number of carboxylic acid groups (broad SMARTS) is 1. The van der Waals surface area contributed by atoms with Crippen LogP contribution in [0.1, 0.15) is 17.2 Å². The number of benzene rings is 1. The summed E-state index contributed by atoms with van der Waals surface area (Å²) in [5, 5.41) is 32.1. The molecule has 0 aliphatic carbocycles. The number of aromatic nitrogens is 2. The Labute approximate surface area is 121 Å². The van der Waals surface area contributed by atoms with Gasteiger partial charge >= 0.3 is 5.97 Å². The molecular weight excluding hydrogens is 276 g/mol. The number of rotatable bonds is 6. The number of hydrogen-bond acceptors (Lipinski definition) is 5. The Balaban J connectivity index is 2.30. The van der Waals surface area contributed by atoms with E-state index < -0.39 is 18.2 Å². The van der Waals surface area contributed by atoms with E-state index in [0.717, 1.165) is 5.56 Å².